The van der Waals surface area contributed by atoms with Crippen LogP contribution in [0.25, 0.3) is 17.0 Å². The molecule has 2 N–H and O–H groups in total. The average molecular weight is 649 g/mol. The molecular weight excluding hydrogens is 600 g/mol. The molecule has 3 aliphatic rings. The molecule has 0 unspecified atom stereocenters. The van der Waals surface area contributed by atoms with Crippen molar-refractivity contribution in [1.82, 2.24) is 20.7 Å². The minimum atomic E-state index is -1.03. The van der Waals surface area contributed by atoms with Crippen LogP contribution in [0.5, 0.6) is 0 Å². The fraction of sp³-hybridized carbons (Fsp3) is 0.583. The number of carbonyl (C=O) groups is 4. The molecule has 2 aromatic rings. The highest BCUT2D eigenvalue weighted by molar-refractivity contribution is 5.94. The van der Waals surface area contributed by atoms with Gasteiger partial charge in [-0.05, 0) is 57.2 Å². The number of hydrogen-bond donors (Lipinski definition) is 2. The highest BCUT2D eigenvalue weighted by atomic mass is 16.5. The van der Waals surface area contributed by atoms with Crippen LogP contribution < -0.4 is 10.7 Å². The average Bonchev–Trinajstić information content (AvgIpc) is 3.03. The zero-order chi connectivity index (χ0) is 33.9. The summed E-state index contributed by atoms with van der Waals surface area (Å²) in [5, 5.41) is 5.22. The fourth-order valence-corrected chi connectivity index (χ4v) is 6.00. The van der Waals surface area contributed by atoms with E-state index in [0.717, 1.165) is 16.5 Å². The number of ether oxygens (including phenoxy) is 3. The Morgan fingerprint density at radius 3 is 2.53 bits per heavy atom. The molecule has 4 heterocycles. The van der Waals surface area contributed by atoms with Gasteiger partial charge in [0.2, 0.25) is 5.91 Å². The molecule has 1 aromatic carbocycles. The molecule has 0 radical (unpaired) electrons. The first-order valence-corrected chi connectivity index (χ1v) is 16.6. The molecule has 3 aliphatic heterocycles. The number of amides is 2. The van der Waals surface area contributed by atoms with Gasteiger partial charge >= 0.3 is 5.97 Å². The van der Waals surface area contributed by atoms with Crippen LogP contribution in [0.3, 0.4) is 0 Å². The van der Waals surface area contributed by atoms with E-state index in [-0.39, 0.29) is 30.1 Å². The molecule has 11 nitrogen and oxygen atoms in total. The number of cyclic esters (lactones) is 1. The summed E-state index contributed by atoms with van der Waals surface area (Å²) in [4.78, 5) is 59.6. The summed E-state index contributed by atoms with van der Waals surface area (Å²) in [6, 6.07) is 7.85. The Kier molecular flexibility index (Phi) is 10.5. The van der Waals surface area contributed by atoms with Crippen molar-refractivity contribution in [2.45, 2.75) is 79.0 Å². The Labute approximate surface area is 276 Å². The summed E-state index contributed by atoms with van der Waals surface area (Å²) in [6.07, 6.45) is 4.17. The van der Waals surface area contributed by atoms with Crippen LogP contribution in [0.1, 0.15) is 78.2 Å². The summed E-state index contributed by atoms with van der Waals surface area (Å²) in [7, 11) is 0. The predicted molar refractivity (Wildman–Crippen MR) is 177 cm³/mol. The molecule has 1 aromatic heterocycles. The number of rotatable bonds is 5. The number of benzene rings is 1. The molecule has 254 valence electrons. The topological polar surface area (TPSA) is 136 Å². The number of nitrogens with zero attached hydrogens (tertiary/aromatic N) is 2. The number of nitrogens with one attached hydrogen (secondary N) is 2. The molecule has 5 rings (SSSR count). The van der Waals surface area contributed by atoms with Crippen LogP contribution in [0.4, 0.5) is 0 Å². The lowest BCUT2D eigenvalue weighted by molar-refractivity contribution is -0.159. The summed E-state index contributed by atoms with van der Waals surface area (Å²) >= 11 is 0. The molecule has 0 aliphatic carbocycles. The predicted octanol–water partition coefficient (Wildman–Crippen LogP) is 4.16. The maximum absolute atomic E-state index is 14.0. The fourth-order valence-electron chi connectivity index (χ4n) is 6.00. The summed E-state index contributed by atoms with van der Waals surface area (Å²) < 4.78 is 17.2. The van der Waals surface area contributed by atoms with Gasteiger partial charge in [0, 0.05) is 35.1 Å². The van der Waals surface area contributed by atoms with Crippen LogP contribution in [0.2, 0.25) is 0 Å². The van der Waals surface area contributed by atoms with E-state index >= 15 is 0 Å². The molecule has 4 atom stereocenters. The third-order valence-electron chi connectivity index (χ3n) is 9.39. The van der Waals surface area contributed by atoms with Gasteiger partial charge in [-0.1, -0.05) is 51.1 Å². The van der Waals surface area contributed by atoms with E-state index in [1.54, 1.807) is 6.92 Å². The molecule has 0 spiro atoms. The van der Waals surface area contributed by atoms with Crippen molar-refractivity contribution < 1.29 is 33.4 Å². The number of hydrazine groups is 1. The first kappa shape index (κ1) is 34.7. The molecule has 47 heavy (non-hydrogen) atoms. The van der Waals surface area contributed by atoms with Gasteiger partial charge in [0.1, 0.15) is 24.0 Å². The summed E-state index contributed by atoms with van der Waals surface area (Å²) in [5.41, 5.74) is 4.23. The molecule has 2 amide bonds. The maximum Gasteiger partial charge on any atom is 0.325 e. The second-order valence-electron chi connectivity index (χ2n) is 14.5. The third-order valence-corrected chi connectivity index (χ3v) is 9.39. The number of pyridine rings is 1. The van der Waals surface area contributed by atoms with Crippen LogP contribution >= 0.6 is 0 Å². The number of ketones is 1. The highest BCUT2D eigenvalue weighted by Gasteiger charge is 2.38. The zero-order valence-corrected chi connectivity index (χ0v) is 28.3. The molecule has 2 saturated heterocycles. The monoisotopic (exact) mass is 648 g/mol. The number of hydrogen-bond acceptors (Lipinski definition) is 9. The number of allylic oxidation sites excluding steroid dienone is 1. The number of aromatic nitrogens is 1. The van der Waals surface area contributed by atoms with E-state index in [2.05, 4.69) is 10.7 Å². The second kappa shape index (κ2) is 14.2. The zero-order valence-electron chi connectivity index (χ0n) is 28.3. The number of carbonyl (C=O) groups excluding carboxylic acids is 4. The standard InChI is InChI=1S/C36H48N4O7/c1-22(2)26-17-31(41)35(4,5)14-13-24-9-10-25-11-12-27(37-29(25)16-24)23(3)47-34(44)28-8-7-15-40(39-28)33(43)30(38-32(26)42)18-45-19-36(6)20-46-21-36/h9-14,16,22-23,26,28,30,39H,7-8,15,17-21H2,1-6H3,(H,38,42)/b14-13+/t23-,26+,28+,30+/m1/s1. The lowest BCUT2D eigenvalue weighted by Crippen LogP contribution is -2.61. The van der Waals surface area contributed by atoms with E-state index in [1.807, 2.05) is 77.1 Å². The van der Waals surface area contributed by atoms with Gasteiger partial charge in [0.15, 0.2) is 0 Å². The minimum Gasteiger partial charge on any atom is -0.455 e. The van der Waals surface area contributed by atoms with Crippen molar-refractivity contribution in [1.29, 1.82) is 0 Å². The van der Waals surface area contributed by atoms with Crippen molar-refractivity contribution in [3.8, 4) is 0 Å². The van der Waals surface area contributed by atoms with E-state index in [1.165, 1.54) is 5.01 Å². The normalized spacial score (nSPS) is 27.7. The van der Waals surface area contributed by atoms with Gasteiger partial charge in [-0.25, -0.2) is 10.4 Å². The van der Waals surface area contributed by atoms with E-state index in [0.29, 0.717) is 44.9 Å². The van der Waals surface area contributed by atoms with Crippen molar-refractivity contribution in [2.24, 2.45) is 22.7 Å². The first-order valence-electron chi connectivity index (χ1n) is 16.6. The van der Waals surface area contributed by atoms with E-state index in [9.17, 15) is 19.2 Å². The molecule has 5 bridgehead atoms. The van der Waals surface area contributed by atoms with Gasteiger partial charge in [-0.15, -0.1) is 0 Å². The largest absolute Gasteiger partial charge is 0.455 e. The van der Waals surface area contributed by atoms with Crippen molar-refractivity contribution >= 4 is 40.5 Å². The molecular formula is C36H48N4O7. The van der Waals surface area contributed by atoms with Gasteiger partial charge in [0.05, 0.1) is 37.6 Å². The highest BCUT2D eigenvalue weighted by Crippen LogP contribution is 2.29. The van der Waals surface area contributed by atoms with Crippen LogP contribution in [0, 0.1) is 22.7 Å². The summed E-state index contributed by atoms with van der Waals surface area (Å²) in [5.74, 6) is -2.23. The van der Waals surface area contributed by atoms with Crippen molar-refractivity contribution in [3.05, 3.63) is 47.7 Å². The maximum atomic E-state index is 14.0. The van der Waals surface area contributed by atoms with Gasteiger partial charge < -0.3 is 19.5 Å². The Bertz CT molecular complexity index is 1530. The lowest BCUT2D eigenvalue weighted by Gasteiger charge is -2.38. The van der Waals surface area contributed by atoms with Crippen LogP contribution in [-0.2, 0) is 33.4 Å². The molecule has 0 saturated carbocycles. The summed E-state index contributed by atoms with van der Waals surface area (Å²) in [6.45, 7) is 13.0. The van der Waals surface area contributed by atoms with Crippen LogP contribution in [0.15, 0.2) is 36.4 Å². The second-order valence-corrected chi connectivity index (χ2v) is 14.5. The van der Waals surface area contributed by atoms with E-state index < -0.39 is 47.3 Å². The first-order chi connectivity index (χ1) is 22.2. The van der Waals surface area contributed by atoms with Gasteiger partial charge in [-0.2, -0.15) is 0 Å². The van der Waals surface area contributed by atoms with Crippen molar-refractivity contribution in [3.63, 3.8) is 0 Å². The van der Waals surface area contributed by atoms with Gasteiger partial charge in [-0.3, -0.25) is 24.2 Å². The molecule has 11 heteroatoms. The Hall–Kier alpha value is -3.67. The Morgan fingerprint density at radius 2 is 1.83 bits per heavy atom. The smallest absolute Gasteiger partial charge is 0.325 e. The third kappa shape index (κ3) is 8.25. The minimum absolute atomic E-state index is 0.00835. The Morgan fingerprint density at radius 1 is 1.09 bits per heavy atom. The Balaban J connectivity index is 1.46. The van der Waals surface area contributed by atoms with Crippen molar-refractivity contribution in [2.75, 3.05) is 33.0 Å². The van der Waals surface area contributed by atoms with Crippen LogP contribution in [-0.4, -0.2) is 78.6 Å². The van der Waals surface area contributed by atoms with E-state index in [4.69, 9.17) is 19.2 Å². The number of fused-ring (bicyclic) bond motifs is 4. The quantitative estimate of drug-likeness (QED) is 0.458. The SMILES string of the molecule is CC(C)[C@@H]1CC(=O)C(C)(C)/C=C/c2ccc3ccc(nc3c2)[C@@H](C)OC(=O)[C@@H]2CCCN(N2)C(=O)[C@H](COCC2(C)COC2)NC1=O. The molecule has 2 fully saturated rings. The van der Waals surface area contributed by atoms with Gasteiger partial charge in [0.25, 0.3) is 5.91 Å². The number of esters is 1. The lowest BCUT2D eigenvalue weighted by atomic mass is 9.79. The number of Topliss-reactive ketones (excluding diaryl/α,β-unsaturated/α-hetero) is 1.